The van der Waals surface area contributed by atoms with Gasteiger partial charge in [0.2, 0.25) is 0 Å². The molecule has 1 fully saturated rings. The highest BCUT2D eigenvalue weighted by molar-refractivity contribution is 5.80. The number of likely N-dealkylation sites (tertiary alicyclic amines) is 1. The van der Waals surface area contributed by atoms with Crippen LogP contribution >= 0.6 is 0 Å². The third kappa shape index (κ3) is 4.70. The summed E-state index contributed by atoms with van der Waals surface area (Å²) in [5.41, 5.74) is 1.39. The van der Waals surface area contributed by atoms with E-state index in [9.17, 15) is 0 Å². The van der Waals surface area contributed by atoms with Crippen molar-refractivity contribution in [3.05, 3.63) is 47.5 Å². The van der Waals surface area contributed by atoms with Crippen LogP contribution in [-0.2, 0) is 26.1 Å². The van der Waals surface area contributed by atoms with E-state index in [1.807, 2.05) is 0 Å². The summed E-state index contributed by atoms with van der Waals surface area (Å²) in [5, 5.41) is 15.6. The van der Waals surface area contributed by atoms with Gasteiger partial charge in [-0.2, -0.15) is 0 Å². The highest BCUT2D eigenvalue weighted by atomic mass is 15.3. The molecular formula is C21H31N7. The second kappa shape index (κ2) is 9.19. The van der Waals surface area contributed by atoms with Crippen molar-refractivity contribution in [3.63, 3.8) is 0 Å². The van der Waals surface area contributed by atoms with Crippen LogP contribution in [0.25, 0.3) is 0 Å². The minimum Gasteiger partial charge on any atom is -0.357 e. The van der Waals surface area contributed by atoms with E-state index in [0.29, 0.717) is 12.6 Å². The van der Waals surface area contributed by atoms with Crippen LogP contribution in [-0.4, -0.2) is 51.3 Å². The summed E-state index contributed by atoms with van der Waals surface area (Å²) in [4.78, 5) is 7.31. The SMILES string of the molecule is CCNC(=NCc1nnc2n1CCC2)NC1CCN(Cc2ccccc2)CC1. The Morgan fingerprint density at radius 2 is 1.96 bits per heavy atom. The maximum absolute atomic E-state index is 4.77. The van der Waals surface area contributed by atoms with Crippen LogP contribution in [0.1, 0.15) is 43.4 Å². The number of nitrogens with one attached hydrogen (secondary N) is 2. The molecule has 1 aromatic heterocycles. The van der Waals surface area contributed by atoms with Gasteiger partial charge >= 0.3 is 0 Å². The molecule has 4 rings (SSSR count). The minimum absolute atomic E-state index is 0.467. The highest BCUT2D eigenvalue weighted by Crippen LogP contribution is 2.15. The van der Waals surface area contributed by atoms with Gasteiger partial charge in [-0.3, -0.25) is 4.90 Å². The number of benzene rings is 1. The molecule has 7 heteroatoms. The van der Waals surface area contributed by atoms with E-state index in [2.05, 4.69) is 67.6 Å². The number of guanidine groups is 1. The maximum atomic E-state index is 4.77. The van der Waals surface area contributed by atoms with Crippen LogP contribution in [0, 0.1) is 0 Å². The molecule has 0 spiro atoms. The van der Waals surface area contributed by atoms with E-state index in [0.717, 1.165) is 69.6 Å². The molecule has 0 radical (unpaired) electrons. The van der Waals surface area contributed by atoms with Crippen molar-refractivity contribution in [1.29, 1.82) is 0 Å². The first-order valence-electron chi connectivity index (χ1n) is 10.5. The fraction of sp³-hybridized carbons (Fsp3) is 0.571. The van der Waals surface area contributed by atoms with E-state index in [-0.39, 0.29) is 0 Å². The Balaban J connectivity index is 1.29. The molecule has 3 heterocycles. The first-order valence-corrected chi connectivity index (χ1v) is 10.5. The molecule has 0 aliphatic carbocycles. The highest BCUT2D eigenvalue weighted by Gasteiger charge is 2.21. The summed E-state index contributed by atoms with van der Waals surface area (Å²) in [6.07, 6.45) is 4.48. The summed E-state index contributed by atoms with van der Waals surface area (Å²) in [7, 11) is 0. The van der Waals surface area contributed by atoms with Crippen LogP contribution in [0.15, 0.2) is 35.3 Å². The van der Waals surface area contributed by atoms with Gasteiger partial charge in [-0.05, 0) is 31.7 Å². The Morgan fingerprint density at radius 1 is 1.14 bits per heavy atom. The average molecular weight is 382 g/mol. The Bertz CT molecular complexity index is 775. The smallest absolute Gasteiger partial charge is 0.191 e. The maximum Gasteiger partial charge on any atom is 0.191 e. The lowest BCUT2D eigenvalue weighted by Gasteiger charge is -2.33. The third-order valence-electron chi connectivity index (χ3n) is 5.59. The van der Waals surface area contributed by atoms with Crippen LogP contribution in [0.2, 0.25) is 0 Å². The molecule has 1 aromatic carbocycles. The number of aryl methyl sites for hydroxylation is 1. The zero-order chi connectivity index (χ0) is 19.2. The largest absolute Gasteiger partial charge is 0.357 e. The fourth-order valence-electron chi connectivity index (χ4n) is 4.07. The van der Waals surface area contributed by atoms with Gasteiger partial charge < -0.3 is 15.2 Å². The van der Waals surface area contributed by atoms with E-state index < -0.39 is 0 Å². The van der Waals surface area contributed by atoms with Gasteiger partial charge in [-0.15, -0.1) is 10.2 Å². The molecule has 150 valence electrons. The number of hydrogen-bond donors (Lipinski definition) is 2. The van der Waals surface area contributed by atoms with Crippen molar-refractivity contribution in [2.75, 3.05) is 19.6 Å². The summed E-state index contributed by atoms with van der Waals surface area (Å²) in [5.74, 6) is 2.97. The number of rotatable bonds is 6. The Labute approximate surface area is 167 Å². The van der Waals surface area contributed by atoms with Gasteiger partial charge in [0.15, 0.2) is 11.8 Å². The van der Waals surface area contributed by atoms with Crippen LogP contribution in [0.4, 0.5) is 0 Å². The van der Waals surface area contributed by atoms with Crippen molar-refractivity contribution < 1.29 is 0 Å². The van der Waals surface area contributed by atoms with E-state index >= 15 is 0 Å². The Hall–Kier alpha value is -2.41. The lowest BCUT2D eigenvalue weighted by Crippen LogP contribution is -2.48. The van der Waals surface area contributed by atoms with Gasteiger partial charge in [-0.1, -0.05) is 30.3 Å². The van der Waals surface area contributed by atoms with Gasteiger partial charge in [0, 0.05) is 45.2 Å². The van der Waals surface area contributed by atoms with Crippen molar-refractivity contribution in [2.24, 2.45) is 4.99 Å². The third-order valence-corrected chi connectivity index (χ3v) is 5.59. The normalized spacial score (nSPS) is 18.2. The van der Waals surface area contributed by atoms with Gasteiger partial charge in [0.1, 0.15) is 12.4 Å². The number of piperidine rings is 1. The molecule has 0 unspecified atom stereocenters. The summed E-state index contributed by atoms with van der Waals surface area (Å²) in [6, 6.07) is 11.2. The first-order chi connectivity index (χ1) is 13.8. The molecule has 0 atom stereocenters. The quantitative estimate of drug-likeness (QED) is 0.591. The molecule has 2 aliphatic heterocycles. The van der Waals surface area contributed by atoms with Crippen LogP contribution in [0.5, 0.6) is 0 Å². The number of fused-ring (bicyclic) bond motifs is 1. The standard InChI is InChI=1S/C21H31N7/c1-2-22-21(23-15-20-26-25-19-9-6-12-28(19)20)24-18-10-13-27(14-11-18)16-17-7-4-3-5-8-17/h3-5,7-8,18H,2,6,9-16H2,1H3,(H2,22,23,24). The Kier molecular flexibility index (Phi) is 6.21. The van der Waals surface area contributed by atoms with Crippen molar-refractivity contribution in [1.82, 2.24) is 30.3 Å². The number of aromatic nitrogens is 3. The molecule has 2 aliphatic rings. The zero-order valence-corrected chi connectivity index (χ0v) is 16.8. The number of hydrogen-bond acceptors (Lipinski definition) is 4. The molecule has 0 saturated carbocycles. The lowest BCUT2D eigenvalue weighted by atomic mass is 10.0. The van der Waals surface area contributed by atoms with E-state index in [1.54, 1.807) is 0 Å². The van der Waals surface area contributed by atoms with Crippen molar-refractivity contribution in [2.45, 2.75) is 58.3 Å². The second-order valence-corrected chi connectivity index (χ2v) is 7.66. The molecule has 0 bridgehead atoms. The van der Waals surface area contributed by atoms with E-state index in [1.165, 1.54) is 12.0 Å². The minimum atomic E-state index is 0.467. The number of aliphatic imine (C=N–C) groups is 1. The predicted octanol–water partition coefficient (Wildman–Crippen LogP) is 1.94. The van der Waals surface area contributed by atoms with Crippen LogP contribution < -0.4 is 10.6 Å². The molecule has 2 N–H and O–H groups in total. The predicted molar refractivity (Wildman–Crippen MR) is 111 cm³/mol. The first kappa shape index (κ1) is 18.9. The van der Waals surface area contributed by atoms with Gasteiger partial charge in [0.25, 0.3) is 0 Å². The van der Waals surface area contributed by atoms with Gasteiger partial charge in [-0.25, -0.2) is 4.99 Å². The summed E-state index contributed by atoms with van der Waals surface area (Å²) in [6.45, 7) is 7.84. The topological polar surface area (TPSA) is 70.4 Å². The Morgan fingerprint density at radius 3 is 2.75 bits per heavy atom. The molecule has 1 saturated heterocycles. The molecule has 28 heavy (non-hydrogen) atoms. The summed E-state index contributed by atoms with van der Waals surface area (Å²) < 4.78 is 2.22. The van der Waals surface area contributed by atoms with Gasteiger partial charge in [0.05, 0.1) is 0 Å². The molecule has 7 nitrogen and oxygen atoms in total. The molecule has 0 amide bonds. The number of nitrogens with zero attached hydrogens (tertiary/aromatic N) is 5. The van der Waals surface area contributed by atoms with Crippen molar-refractivity contribution >= 4 is 5.96 Å². The van der Waals surface area contributed by atoms with Crippen molar-refractivity contribution in [3.8, 4) is 0 Å². The zero-order valence-electron chi connectivity index (χ0n) is 16.8. The monoisotopic (exact) mass is 381 g/mol. The molecule has 2 aromatic rings. The van der Waals surface area contributed by atoms with E-state index in [4.69, 9.17) is 4.99 Å². The fourth-order valence-corrected chi connectivity index (χ4v) is 4.07. The average Bonchev–Trinajstić information content (AvgIpc) is 3.33. The molecular weight excluding hydrogens is 350 g/mol. The lowest BCUT2D eigenvalue weighted by molar-refractivity contribution is 0.198. The van der Waals surface area contributed by atoms with Crippen LogP contribution in [0.3, 0.4) is 0 Å². The second-order valence-electron chi connectivity index (χ2n) is 7.66. The summed E-state index contributed by atoms with van der Waals surface area (Å²) >= 11 is 0.